The number of anilines is 2. The molecule has 1 amide bonds. The molecule has 1 aromatic heterocycles. The van der Waals surface area contributed by atoms with Crippen LogP contribution in [0.3, 0.4) is 0 Å². The number of amides is 1. The fourth-order valence-electron chi connectivity index (χ4n) is 6.20. The monoisotopic (exact) mass is 551 g/mol. The normalized spacial score (nSPS) is 19.6. The first-order chi connectivity index (χ1) is 19.9. The van der Waals surface area contributed by atoms with Crippen molar-refractivity contribution in [1.29, 1.82) is 5.26 Å². The van der Waals surface area contributed by atoms with E-state index >= 15 is 0 Å². The van der Waals surface area contributed by atoms with Crippen LogP contribution in [0.15, 0.2) is 55.1 Å². The Morgan fingerprint density at radius 3 is 2.71 bits per heavy atom. The fraction of sp³-hybridized carbons (Fsp3) is 0.438. The molecule has 0 radical (unpaired) electrons. The summed E-state index contributed by atoms with van der Waals surface area (Å²) < 4.78 is 6.32. The van der Waals surface area contributed by atoms with Crippen molar-refractivity contribution in [3.05, 3.63) is 66.4 Å². The summed E-state index contributed by atoms with van der Waals surface area (Å²) in [7, 11) is 4.19. The van der Waals surface area contributed by atoms with Gasteiger partial charge in [0.15, 0.2) is 0 Å². The van der Waals surface area contributed by atoms with E-state index in [1.54, 1.807) is 4.90 Å². The van der Waals surface area contributed by atoms with Gasteiger partial charge < -0.3 is 24.3 Å². The Balaban J connectivity index is 1.34. The zero-order valence-electron chi connectivity index (χ0n) is 23.9. The van der Waals surface area contributed by atoms with E-state index in [0.29, 0.717) is 38.8 Å². The number of carbonyl (C=O) groups excluding carboxylic acids is 1. The van der Waals surface area contributed by atoms with Gasteiger partial charge in [0, 0.05) is 42.8 Å². The van der Waals surface area contributed by atoms with Crippen LogP contribution in [-0.4, -0.2) is 84.1 Å². The van der Waals surface area contributed by atoms with Crippen molar-refractivity contribution >= 4 is 28.2 Å². The molecule has 3 heterocycles. The zero-order chi connectivity index (χ0) is 28.6. The van der Waals surface area contributed by atoms with E-state index in [2.05, 4.69) is 83.9 Å². The smallest absolute Gasteiger partial charge is 0.318 e. The van der Waals surface area contributed by atoms with Crippen LogP contribution in [0.2, 0.25) is 0 Å². The number of fused-ring (bicyclic) bond motifs is 2. The molecule has 1 saturated carbocycles. The minimum absolute atomic E-state index is 0.0446. The van der Waals surface area contributed by atoms with Crippen LogP contribution in [0.4, 0.5) is 11.5 Å². The zero-order valence-corrected chi connectivity index (χ0v) is 23.9. The summed E-state index contributed by atoms with van der Waals surface area (Å²) in [5.74, 6) is 0.730. The highest BCUT2D eigenvalue weighted by Crippen LogP contribution is 2.41. The van der Waals surface area contributed by atoms with Gasteiger partial charge in [0.25, 0.3) is 0 Å². The lowest BCUT2D eigenvalue weighted by Crippen LogP contribution is -2.55. The molecule has 6 rings (SSSR count). The summed E-state index contributed by atoms with van der Waals surface area (Å²) in [6.45, 7) is 7.37. The van der Waals surface area contributed by atoms with Crippen molar-refractivity contribution in [2.24, 2.45) is 0 Å². The van der Waals surface area contributed by atoms with Crippen molar-refractivity contribution in [2.45, 2.75) is 43.8 Å². The first-order valence-corrected chi connectivity index (χ1v) is 14.4. The average molecular weight is 552 g/mol. The number of aromatic nitrogens is 2. The molecule has 1 atom stereocenters. The Morgan fingerprint density at radius 1 is 1.15 bits per heavy atom. The lowest BCUT2D eigenvalue weighted by Gasteiger charge is -2.42. The van der Waals surface area contributed by atoms with Gasteiger partial charge in [-0.2, -0.15) is 15.2 Å². The standard InChI is InChI=1S/C32H37N7O2/c1-4-29(40)39-19-18-38(20-24(39)12-16-33)30-26-13-17-37(28-11-7-9-23-8-5-6-10-25(23)28)21-27(26)34-31(35-30)41-22-32(14-15-32)36(2)3/h4-11,24H,1,12-15,17-22H2,2-3H3. The number of rotatable bonds is 8. The Morgan fingerprint density at radius 2 is 1.95 bits per heavy atom. The first-order valence-electron chi connectivity index (χ1n) is 14.4. The summed E-state index contributed by atoms with van der Waals surface area (Å²) in [5.41, 5.74) is 3.34. The largest absolute Gasteiger partial charge is 0.461 e. The summed E-state index contributed by atoms with van der Waals surface area (Å²) in [6.07, 6.45) is 4.58. The summed E-state index contributed by atoms with van der Waals surface area (Å²) in [6, 6.07) is 17.4. The first kappa shape index (κ1) is 27.0. The highest BCUT2D eigenvalue weighted by atomic mass is 16.5. The molecular weight excluding hydrogens is 514 g/mol. The molecule has 2 aromatic carbocycles. The quantitative estimate of drug-likeness (QED) is 0.391. The van der Waals surface area contributed by atoms with E-state index < -0.39 is 0 Å². The number of benzene rings is 2. The van der Waals surface area contributed by atoms with E-state index in [1.165, 1.54) is 22.5 Å². The average Bonchev–Trinajstić information content (AvgIpc) is 3.80. The van der Waals surface area contributed by atoms with Crippen LogP contribution in [0.5, 0.6) is 6.01 Å². The number of carbonyl (C=O) groups is 1. The molecule has 41 heavy (non-hydrogen) atoms. The van der Waals surface area contributed by atoms with Crippen molar-refractivity contribution in [3.63, 3.8) is 0 Å². The van der Waals surface area contributed by atoms with Crippen LogP contribution >= 0.6 is 0 Å². The van der Waals surface area contributed by atoms with Crippen LogP contribution < -0.4 is 14.5 Å². The van der Waals surface area contributed by atoms with Gasteiger partial charge in [-0.15, -0.1) is 0 Å². The molecule has 2 aliphatic heterocycles. The maximum atomic E-state index is 12.5. The second kappa shape index (κ2) is 11.0. The SMILES string of the molecule is C=CC(=O)N1CCN(c2nc(OCC3(N(C)C)CC3)nc3c2CCN(c2cccc4ccccc24)C3)CC1CC#N. The molecular formula is C32H37N7O2. The molecule has 0 N–H and O–H groups in total. The number of hydrogen-bond donors (Lipinski definition) is 0. The summed E-state index contributed by atoms with van der Waals surface area (Å²) in [4.78, 5) is 31.1. The third-order valence-electron chi connectivity index (χ3n) is 8.94. The van der Waals surface area contributed by atoms with Gasteiger partial charge in [-0.3, -0.25) is 4.79 Å². The molecule has 1 aliphatic carbocycles. The lowest BCUT2D eigenvalue weighted by atomic mass is 10.0. The highest BCUT2D eigenvalue weighted by molar-refractivity contribution is 5.94. The van der Waals surface area contributed by atoms with Crippen molar-refractivity contribution in [1.82, 2.24) is 19.8 Å². The van der Waals surface area contributed by atoms with Crippen molar-refractivity contribution in [3.8, 4) is 12.1 Å². The van der Waals surface area contributed by atoms with Gasteiger partial charge in [-0.05, 0) is 50.9 Å². The fourth-order valence-corrected chi connectivity index (χ4v) is 6.20. The number of nitriles is 1. The van der Waals surface area contributed by atoms with Crippen LogP contribution in [0.25, 0.3) is 10.8 Å². The van der Waals surface area contributed by atoms with Gasteiger partial charge in [0.2, 0.25) is 5.91 Å². The number of ether oxygens (including phenoxy) is 1. The van der Waals surface area contributed by atoms with Gasteiger partial charge in [-0.25, -0.2) is 0 Å². The van der Waals surface area contributed by atoms with E-state index in [1.807, 2.05) is 0 Å². The molecule has 0 spiro atoms. The second-order valence-electron chi connectivity index (χ2n) is 11.5. The van der Waals surface area contributed by atoms with E-state index in [9.17, 15) is 10.1 Å². The Kier molecular flexibility index (Phi) is 7.26. The van der Waals surface area contributed by atoms with E-state index in [-0.39, 0.29) is 23.9 Å². The predicted octanol–water partition coefficient (Wildman–Crippen LogP) is 3.78. The molecule has 3 aliphatic rings. The maximum absolute atomic E-state index is 12.5. The van der Waals surface area contributed by atoms with E-state index in [4.69, 9.17) is 14.7 Å². The molecule has 1 saturated heterocycles. The minimum atomic E-state index is -0.228. The molecule has 3 aromatic rings. The summed E-state index contributed by atoms with van der Waals surface area (Å²) in [5, 5.41) is 12.0. The van der Waals surface area contributed by atoms with E-state index in [0.717, 1.165) is 42.9 Å². The topological polar surface area (TPSA) is 88.8 Å². The predicted molar refractivity (Wildman–Crippen MR) is 160 cm³/mol. The number of hydrogen-bond acceptors (Lipinski definition) is 8. The highest BCUT2D eigenvalue weighted by Gasteiger charge is 2.46. The van der Waals surface area contributed by atoms with Gasteiger partial charge >= 0.3 is 6.01 Å². The van der Waals surface area contributed by atoms with Gasteiger partial charge in [0.05, 0.1) is 36.3 Å². The molecule has 9 heteroatoms. The third-order valence-corrected chi connectivity index (χ3v) is 8.94. The molecule has 0 bridgehead atoms. The van der Waals surface area contributed by atoms with Crippen molar-refractivity contribution in [2.75, 3.05) is 56.7 Å². The lowest BCUT2D eigenvalue weighted by molar-refractivity contribution is -0.128. The van der Waals surface area contributed by atoms with Crippen LogP contribution in [0.1, 0.15) is 30.5 Å². The molecule has 2 fully saturated rings. The number of nitrogens with zero attached hydrogens (tertiary/aromatic N) is 7. The van der Waals surface area contributed by atoms with Gasteiger partial charge in [-0.1, -0.05) is 43.0 Å². The minimum Gasteiger partial charge on any atom is -0.461 e. The Labute approximate surface area is 241 Å². The Bertz CT molecular complexity index is 1500. The third kappa shape index (κ3) is 5.20. The summed E-state index contributed by atoms with van der Waals surface area (Å²) >= 11 is 0. The second-order valence-corrected chi connectivity index (χ2v) is 11.5. The maximum Gasteiger partial charge on any atom is 0.318 e. The number of likely N-dealkylation sites (N-methyl/N-ethyl adjacent to an activating group) is 1. The molecule has 9 nitrogen and oxygen atoms in total. The molecule has 212 valence electrons. The number of piperazine rings is 1. The van der Waals surface area contributed by atoms with Crippen LogP contribution in [-0.2, 0) is 17.8 Å². The van der Waals surface area contributed by atoms with Crippen LogP contribution in [0, 0.1) is 11.3 Å². The Hall–Kier alpha value is -4.16. The van der Waals surface area contributed by atoms with Crippen molar-refractivity contribution < 1.29 is 9.53 Å². The van der Waals surface area contributed by atoms with Gasteiger partial charge in [0.1, 0.15) is 12.4 Å². The molecule has 1 unspecified atom stereocenters.